The number of rotatable bonds is 4. The molecule has 0 fully saturated rings. The summed E-state index contributed by atoms with van der Waals surface area (Å²) in [6.45, 7) is 3.89. The van der Waals surface area contributed by atoms with Crippen molar-refractivity contribution < 1.29 is 9.59 Å². The zero-order valence-corrected chi connectivity index (χ0v) is 9.85. The molecule has 0 aliphatic heterocycles. The summed E-state index contributed by atoms with van der Waals surface area (Å²) in [6.07, 6.45) is 1.52. The van der Waals surface area contributed by atoms with E-state index >= 15 is 0 Å². The third kappa shape index (κ3) is 4.56. The maximum Gasteiger partial charge on any atom is 0.355 e. The van der Waals surface area contributed by atoms with E-state index < -0.39 is 12.1 Å². The Morgan fingerprint density at radius 3 is 2.56 bits per heavy atom. The summed E-state index contributed by atoms with van der Waals surface area (Å²) >= 11 is 0. The van der Waals surface area contributed by atoms with Crippen molar-refractivity contribution in [1.82, 2.24) is 21.5 Å². The second-order valence-corrected chi connectivity index (χ2v) is 3.49. The van der Waals surface area contributed by atoms with Gasteiger partial charge >= 0.3 is 12.1 Å². The standard InChI is InChI=1S/C12H15N4O2/c1-2-8-14-12(18)15-16(11(13)17)9-10-6-4-3-5-7-10/h2-7,13H,1,8-9H2,(H2,14,15,18). The van der Waals surface area contributed by atoms with E-state index in [0.29, 0.717) is 0 Å². The van der Waals surface area contributed by atoms with E-state index in [1.54, 1.807) is 12.1 Å². The van der Waals surface area contributed by atoms with Crippen molar-refractivity contribution in [1.29, 1.82) is 0 Å². The van der Waals surface area contributed by atoms with Crippen LogP contribution in [0.4, 0.5) is 9.59 Å². The molecular weight excluding hydrogens is 232 g/mol. The summed E-state index contributed by atoms with van der Waals surface area (Å²) in [7, 11) is 0. The number of nitrogens with one attached hydrogen (secondary N) is 3. The smallest absolute Gasteiger partial charge is 0.333 e. The number of hydrogen-bond acceptors (Lipinski definition) is 2. The lowest BCUT2D eigenvalue weighted by Gasteiger charge is -2.20. The highest BCUT2D eigenvalue weighted by Crippen LogP contribution is 2.02. The molecular formula is C12H15N4O2. The van der Waals surface area contributed by atoms with Crippen molar-refractivity contribution in [3.63, 3.8) is 0 Å². The molecule has 0 atom stereocenters. The molecule has 0 aliphatic carbocycles. The van der Waals surface area contributed by atoms with Gasteiger partial charge in [0, 0.05) is 6.54 Å². The quantitative estimate of drug-likeness (QED) is 0.620. The van der Waals surface area contributed by atoms with E-state index in [1.165, 1.54) is 6.08 Å². The topological polar surface area (TPSA) is 85.2 Å². The monoisotopic (exact) mass is 247 g/mol. The largest absolute Gasteiger partial charge is 0.355 e. The second-order valence-electron chi connectivity index (χ2n) is 3.49. The first-order valence-electron chi connectivity index (χ1n) is 5.36. The van der Waals surface area contributed by atoms with Crippen LogP contribution < -0.4 is 16.5 Å². The lowest BCUT2D eigenvalue weighted by atomic mass is 10.2. The van der Waals surface area contributed by atoms with E-state index in [0.717, 1.165) is 10.6 Å². The fourth-order valence-electron chi connectivity index (χ4n) is 1.26. The van der Waals surface area contributed by atoms with Gasteiger partial charge in [0.05, 0.1) is 6.54 Å². The minimum atomic E-state index is -0.979. The zero-order chi connectivity index (χ0) is 13.4. The number of hydrazine groups is 1. The van der Waals surface area contributed by atoms with Crippen LogP contribution in [0.25, 0.3) is 0 Å². The Morgan fingerprint density at radius 1 is 1.33 bits per heavy atom. The number of benzene rings is 1. The van der Waals surface area contributed by atoms with Gasteiger partial charge in [0.2, 0.25) is 0 Å². The summed E-state index contributed by atoms with van der Waals surface area (Å²) < 4.78 is 0. The van der Waals surface area contributed by atoms with Gasteiger partial charge < -0.3 is 5.32 Å². The predicted octanol–water partition coefficient (Wildman–Crippen LogP) is 1.29. The third-order valence-electron chi connectivity index (χ3n) is 2.07. The SMILES string of the molecule is C=CCNC(=O)NN(Cc1ccccc1)C([NH])=O. The number of hydrogen-bond donors (Lipinski definition) is 2. The summed E-state index contributed by atoms with van der Waals surface area (Å²) in [5.74, 6) is 0. The van der Waals surface area contributed by atoms with Crippen molar-refractivity contribution >= 4 is 12.1 Å². The van der Waals surface area contributed by atoms with Crippen molar-refractivity contribution in [2.75, 3.05) is 6.54 Å². The van der Waals surface area contributed by atoms with Gasteiger partial charge in [-0.1, -0.05) is 36.4 Å². The molecule has 0 unspecified atom stereocenters. The van der Waals surface area contributed by atoms with Crippen LogP contribution in [0.1, 0.15) is 5.56 Å². The van der Waals surface area contributed by atoms with Crippen LogP contribution in [0.15, 0.2) is 43.0 Å². The molecule has 6 nitrogen and oxygen atoms in total. The zero-order valence-electron chi connectivity index (χ0n) is 9.85. The molecule has 3 N–H and O–H groups in total. The minimum absolute atomic E-state index is 0.144. The van der Waals surface area contributed by atoms with Gasteiger partial charge in [0.15, 0.2) is 0 Å². The molecule has 0 spiro atoms. The van der Waals surface area contributed by atoms with E-state index in [1.807, 2.05) is 18.2 Å². The maximum absolute atomic E-state index is 11.4. The molecule has 0 aliphatic rings. The molecule has 1 aromatic rings. The Morgan fingerprint density at radius 2 is 2.00 bits per heavy atom. The molecule has 1 aromatic carbocycles. The van der Waals surface area contributed by atoms with Gasteiger partial charge in [-0.3, -0.25) is 0 Å². The molecule has 1 radical (unpaired) electrons. The lowest BCUT2D eigenvalue weighted by Crippen LogP contribution is -2.49. The summed E-state index contributed by atoms with van der Waals surface area (Å²) in [4.78, 5) is 22.4. The molecule has 95 valence electrons. The average molecular weight is 247 g/mol. The normalized spacial score (nSPS) is 9.33. The first-order chi connectivity index (χ1) is 8.63. The van der Waals surface area contributed by atoms with Gasteiger partial charge in [-0.2, -0.15) is 0 Å². The molecule has 0 aromatic heterocycles. The van der Waals surface area contributed by atoms with Gasteiger partial charge in [-0.05, 0) is 5.56 Å². The first kappa shape index (κ1) is 13.6. The fourth-order valence-corrected chi connectivity index (χ4v) is 1.26. The minimum Gasteiger partial charge on any atom is -0.333 e. The fraction of sp³-hybridized carbons (Fsp3) is 0.167. The van der Waals surface area contributed by atoms with Gasteiger partial charge in [0.25, 0.3) is 0 Å². The first-order valence-corrected chi connectivity index (χ1v) is 5.36. The van der Waals surface area contributed by atoms with Crippen molar-refractivity contribution in [3.05, 3.63) is 48.6 Å². The Balaban J connectivity index is 2.58. The molecule has 18 heavy (non-hydrogen) atoms. The highest BCUT2D eigenvalue weighted by molar-refractivity contribution is 5.78. The Labute approximate surface area is 105 Å². The Kier molecular flexibility index (Phi) is 5.24. The van der Waals surface area contributed by atoms with E-state index in [4.69, 9.17) is 5.73 Å². The van der Waals surface area contributed by atoms with Crippen molar-refractivity contribution in [2.24, 2.45) is 0 Å². The Bertz CT molecular complexity index is 419. The van der Waals surface area contributed by atoms with Crippen molar-refractivity contribution in [2.45, 2.75) is 6.54 Å². The molecule has 0 saturated heterocycles. The van der Waals surface area contributed by atoms with E-state index in [9.17, 15) is 9.59 Å². The van der Waals surface area contributed by atoms with Gasteiger partial charge in [-0.25, -0.2) is 25.8 Å². The molecule has 6 heteroatoms. The van der Waals surface area contributed by atoms with Crippen LogP contribution in [0.3, 0.4) is 0 Å². The summed E-state index contributed by atoms with van der Waals surface area (Å²) in [5, 5.41) is 3.38. The van der Waals surface area contributed by atoms with Crippen molar-refractivity contribution in [3.8, 4) is 0 Å². The molecule has 0 heterocycles. The predicted molar refractivity (Wildman–Crippen MR) is 67.2 cm³/mol. The van der Waals surface area contributed by atoms with Crippen LogP contribution in [0.2, 0.25) is 0 Å². The molecule has 0 saturated carbocycles. The van der Waals surface area contributed by atoms with Crippen LogP contribution in [-0.4, -0.2) is 23.6 Å². The van der Waals surface area contributed by atoms with E-state index in [2.05, 4.69) is 17.3 Å². The van der Waals surface area contributed by atoms with Crippen LogP contribution in [-0.2, 0) is 6.54 Å². The maximum atomic E-state index is 11.4. The second kappa shape index (κ2) is 6.95. The average Bonchev–Trinajstić information content (AvgIpc) is 2.36. The molecule has 4 amide bonds. The highest BCUT2D eigenvalue weighted by Gasteiger charge is 2.13. The number of carbonyl (C=O) groups is 2. The number of carbonyl (C=O) groups excluding carboxylic acids is 2. The van der Waals surface area contributed by atoms with E-state index in [-0.39, 0.29) is 13.1 Å². The van der Waals surface area contributed by atoms with Crippen LogP contribution in [0, 0.1) is 0 Å². The summed E-state index contributed by atoms with van der Waals surface area (Å²) in [5.41, 5.74) is 10.2. The number of amides is 4. The molecule has 0 bridgehead atoms. The highest BCUT2D eigenvalue weighted by atomic mass is 16.2. The number of urea groups is 2. The van der Waals surface area contributed by atoms with Gasteiger partial charge in [0.1, 0.15) is 0 Å². The van der Waals surface area contributed by atoms with Gasteiger partial charge in [-0.15, -0.1) is 6.58 Å². The lowest BCUT2D eigenvalue weighted by molar-refractivity contribution is 0.170. The summed E-state index contributed by atoms with van der Waals surface area (Å²) in [6, 6.07) is 7.57. The Hall–Kier alpha value is -2.50. The number of nitrogens with zero attached hydrogens (tertiary/aromatic N) is 1. The van der Waals surface area contributed by atoms with Crippen LogP contribution >= 0.6 is 0 Å². The third-order valence-corrected chi connectivity index (χ3v) is 2.07. The van der Waals surface area contributed by atoms with Crippen LogP contribution in [0.5, 0.6) is 0 Å². The molecule has 1 rings (SSSR count).